The maximum atomic E-state index is 12.0. The molecule has 1 aromatic carbocycles. The van der Waals surface area contributed by atoms with Crippen molar-refractivity contribution in [3.63, 3.8) is 0 Å². The molecule has 1 N–H and O–H groups in total. The highest BCUT2D eigenvalue weighted by Gasteiger charge is 2.13. The Morgan fingerprint density at radius 2 is 1.90 bits per heavy atom. The summed E-state index contributed by atoms with van der Waals surface area (Å²) in [7, 11) is 0. The molecule has 108 valence electrons. The van der Waals surface area contributed by atoms with E-state index >= 15 is 0 Å². The second-order valence-electron chi connectivity index (χ2n) is 5.81. The average Bonchev–Trinajstić information content (AvgIpc) is 2.47. The van der Waals surface area contributed by atoms with Crippen molar-refractivity contribution < 1.29 is 4.79 Å². The van der Waals surface area contributed by atoms with Gasteiger partial charge in [0.25, 0.3) is 5.91 Å². The SMILES string of the molecule is CC(C)(C)c1ccc(C(=O)N/N=C/c2cccnc2)cc1. The summed E-state index contributed by atoms with van der Waals surface area (Å²) in [5.41, 5.74) is 5.20. The number of carbonyl (C=O) groups is 1. The van der Waals surface area contributed by atoms with E-state index in [1.165, 1.54) is 5.56 Å². The van der Waals surface area contributed by atoms with Crippen LogP contribution in [0.2, 0.25) is 0 Å². The highest BCUT2D eigenvalue weighted by molar-refractivity contribution is 5.94. The molecule has 0 bridgehead atoms. The van der Waals surface area contributed by atoms with Crippen LogP contribution in [0.4, 0.5) is 0 Å². The van der Waals surface area contributed by atoms with E-state index in [1.54, 1.807) is 18.6 Å². The summed E-state index contributed by atoms with van der Waals surface area (Å²) < 4.78 is 0. The maximum Gasteiger partial charge on any atom is 0.271 e. The quantitative estimate of drug-likeness (QED) is 0.694. The summed E-state index contributed by atoms with van der Waals surface area (Å²) in [6.45, 7) is 6.42. The Balaban J connectivity index is 1.99. The standard InChI is InChI=1S/C17H19N3O/c1-17(2,3)15-8-6-14(7-9-15)16(21)20-19-12-13-5-4-10-18-11-13/h4-12H,1-3H3,(H,20,21)/b19-12+. The van der Waals surface area contributed by atoms with Gasteiger partial charge in [-0.25, -0.2) is 5.43 Å². The van der Waals surface area contributed by atoms with E-state index in [2.05, 4.69) is 36.3 Å². The summed E-state index contributed by atoms with van der Waals surface area (Å²) in [5.74, 6) is -0.226. The van der Waals surface area contributed by atoms with Crippen LogP contribution in [0.3, 0.4) is 0 Å². The lowest BCUT2D eigenvalue weighted by Crippen LogP contribution is -2.18. The molecule has 0 saturated heterocycles. The number of aromatic nitrogens is 1. The number of nitrogens with zero attached hydrogens (tertiary/aromatic N) is 2. The van der Waals surface area contributed by atoms with E-state index in [-0.39, 0.29) is 11.3 Å². The average molecular weight is 281 g/mol. The van der Waals surface area contributed by atoms with Crippen LogP contribution < -0.4 is 5.43 Å². The molecule has 1 heterocycles. The number of hydrogen-bond donors (Lipinski definition) is 1. The van der Waals surface area contributed by atoms with Crippen LogP contribution >= 0.6 is 0 Å². The highest BCUT2D eigenvalue weighted by Crippen LogP contribution is 2.22. The molecule has 0 fully saturated rings. The van der Waals surface area contributed by atoms with Crippen molar-refractivity contribution in [2.24, 2.45) is 5.10 Å². The van der Waals surface area contributed by atoms with Crippen LogP contribution in [-0.2, 0) is 5.41 Å². The number of rotatable bonds is 3. The molecule has 1 amide bonds. The fourth-order valence-electron chi connectivity index (χ4n) is 1.80. The minimum Gasteiger partial charge on any atom is -0.267 e. The Labute approximate surface area is 124 Å². The fourth-order valence-corrected chi connectivity index (χ4v) is 1.80. The van der Waals surface area contributed by atoms with E-state index in [0.29, 0.717) is 5.56 Å². The van der Waals surface area contributed by atoms with Crippen molar-refractivity contribution in [2.45, 2.75) is 26.2 Å². The van der Waals surface area contributed by atoms with E-state index in [4.69, 9.17) is 0 Å². The zero-order valence-electron chi connectivity index (χ0n) is 12.5. The molecule has 0 radical (unpaired) electrons. The van der Waals surface area contributed by atoms with Crippen LogP contribution in [0.1, 0.15) is 42.3 Å². The zero-order chi connectivity index (χ0) is 15.3. The molecule has 0 aliphatic carbocycles. The molecular formula is C17H19N3O. The Morgan fingerprint density at radius 3 is 2.48 bits per heavy atom. The van der Waals surface area contributed by atoms with E-state index in [1.807, 2.05) is 36.4 Å². The molecule has 0 aliphatic heterocycles. The second-order valence-corrected chi connectivity index (χ2v) is 5.81. The largest absolute Gasteiger partial charge is 0.271 e. The Hall–Kier alpha value is -2.49. The van der Waals surface area contributed by atoms with Crippen molar-refractivity contribution in [1.29, 1.82) is 0 Å². The summed E-state index contributed by atoms with van der Waals surface area (Å²) in [6, 6.07) is 11.2. The minimum absolute atomic E-state index is 0.0769. The molecule has 0 saturated carbocycles. The number of pyridine rings is 1. The Morgan fingerprint density at radius 1 is 1.19 bits per heavy atom. The zero-order valence-corrected chi connectivity index (χ0v) is 12.5. The third kappa shape index (κ3) is 4.24. The monoisotopic (exact) mass is 281 g/mol. The third-order valence-corrected chi connectivity index (χ3v) is 3.08. The molecule has 0 unspecified atom stereocenters. The van der Waals surface area contributed by atoms with Crippen molar-refractivity contribution in [3.05, 3.63) is 65.5 Å². The van der Waals surface area contributed by atoms with Crippen molar-refractivity contribution >= 4 is 12.1 Å². The number of hydrazone groups is 1. The molecular weight excluding hydrogens is 262 g/mol. The summed E-state index contributed by atoms with van der Waals surface area (Å²) in [6.07, 6.45) is 4.93. The van der Waals surface area contributed by atoms with Gasteiger partial charge in [-0.05, 0) is 29.2 Å². The molecule has 21 heavy (non-hydrogen) atoms. The number of hydrogen-bond acceptors (Lipinski definition) is 3. The molecule has 4 heteroatoms. The van der Waals surface area contributed by atoms with Crippen LogP contribution in [0, 0.1) is 0 Å². The first kappa shape index (κ1) is 14.9. The van der Waals surface area contributed by atoms with Gasteiger partial charge < -0.3 is 0 Å². The topological polar surface area (TPSA) is 54.4 Å². The van der Waals surface area contributed by atoms with Gasteiger partial charge in [-0.15, -0.1) is 0 Å². The highest BCUT2D eigenvalue weighted by atomic mass is 16.2. The van der Waals surface area contributed by atoms with E-state index in [0.717, 1.165) is 5.56 Å². The predicted octanol–water partition coefficient (Wildman–Crippen LogP) is 3.14. The first-order valence-corrected chi connectivity index (χ1v) is 6.81. The summed E-state index contributed by atoms with van der Waals surface area (Å²) in [5, 5.41) is 3.92. The fraction of sp³-hybridized carbons (Fsp3) is 0.235. The summed E-state index contributed by atoms with van der Waals surface area (Å²) in [4.78, 5) is 15.9. The van der Waals surface area contributed by atoms with E-state index < -0.39 is 0 Å². The number of benzene rings is 1. The van der Waals surface area contributed by atoms with Gasteiger partial charge in [0, 0.05) is 23.5 Å². The lowest BCUT2D eigenvalue weighted by atomic mass is 9.87. The van der Waals surface area contributed by atoms with Crippen LogP contribution in [0.5, 0.6) is 0 Å². The third-order valence-electron chi connectivity index (χ3n) is 3.08. The lowest BCUT2D eigenvalue weighted by Gasteiger charge is -2.18. The second kappa shape index (κ2) is 6.31. The van der Waals surface area contributed by atoms with Crippen molar-refractivity contribution in [3.8, 4) is 0 Å². The molecule has 2 rings (SSSR count). The predicted molar refractivity (Wildman–Crippen MR) is 84.4 cm³/mol. The normalized spacial score (nSPS) is 11.6. The molecule has 2 aromatic rings. The minimum atomic E-state index is -0.226. The van der Waals surface area contributed by atoms with Gasteiger partial charge in [0.15, 0.2) is 0 Å². The van der Waals surface area contributed by atoms with Crippen molar-refractivity contribution in [1.82, 2.24) is 10.4 Å². The Bertz CT molecular complexity index is 625. The number of nitrogens with one attached hydrogen (secondary N) is 1. The van der Waals surface area contributed by atoms with Gasteiger partial charge in [-0.2, -0.15) is 5.10 Å². The molecule has 0 spiro atoms. The Kier molecular flexibility index (Phi) is 4.48. The van der Waals surface area contributed by atoms with E-state index in [9.17, 15) is 4.79 Å². The molecule has 0 atom stereocenters. The van der Waals surface area contributed by atoms with Crippen LogP contribution in [0.15, 0.2) is 53.9 Å². The molecule has 1 aromatic heterocycles. The van der Waals surface area contributed by atoms with Crippen LogP contribution in [0.25, 0.3) is 0 Å². The van der Waals surface area contributed by atoms with Gasteiger partial charge in [-0.1, -0.05) is 39.0 Å². The van der Waals surface area contributed by atoms with Gasteiger partial charge in [0.2, 0.25) is 0 Å². The number of amides is 1. The first-order chi connectivity index (χ1) is 9.97. The van der Waals surface area contributed by atoms with Crippen molar-refractivity contribution in [2.75, 3.05) is 0 Å². The first-order valence-electron chi connectivity index (χ1n) is 6.81. The van der Waals surface area contributed by atoms with Gasteiger partial charge in [0.1, 0.15) is 0 Å². The lowest BCUT2D eigenvalue weighted by molar-refractivity contribution is 0.0955. The molecule has 0 aliphatic rings. The van der Waals surface area contributed by atoms with Gasteiger partial charge in [-0.3, -0.25) is 9.78 Å². The smallest absolute Gasteiger partial charge is 0.267 e. The van der Waals surface area contributed by atoms with Gasteiger partial charge >= 0.3 is 0 Å². The van der Waals surface area contributed by atoms with Gasteiger partial charge in [0.05, 0.1) is 6.21 Å². The summed E-state index contributed by atoms with van der Waals surface area (Å²) >= 11 is 0. The van der Waals surface area contributed by atoms with Crippen LogP contribution in [-0.4, -0.2) is 17.1 Å². The molecule has 4 nitrogen and oxygen atoms in total. The number of carbonyl (C=O) groups excluding carboxylic acids is 1. The maximum absolute atomic E-state index is 12.0.